The molecule has 3 heterocycles. The van der Waals surface area contributed by atoms with Crippen LogP contribution in [0, 0.1) is 0 Å². The molecule has 0 saturated carbocycles. The molecule has 7 nitrogen and oxygen atoms in total. The van der Waals surface area contributed by atoms with E-state index in [1.54, 1.807) is 30.5 Å². The van der Waals surface area contributed by atoms with E-state index in [2.05, 4.69) is 10.3 Å². The van der Waals surface area contributed by atoms with Gasteiger partial charge in [0.05, 0.1) is 13.7 Å². The van der Waals surface area contributed by atoms with Crippen molar-refractivity contribution in [2.75, 3.05) is 7.11 Å². The van der Waals surface area contributed by atoms with Crippen molar-refractivity contribution in [3.05, 3.63) is 83.9 Å². The SMILES string of the molecule is COc1ccccc1CNC(=O)C1Cn2cccc2C(=O)N1Cc1cccnc1. The van der Waals surface area contributed by atoms with Crippen LogP contribution in [0.1, 0.15) is 21.6 Å². The molecule has 2 aromatic heterocycles. The molecule has 0 saturated heterocycles. The Kier molecular flexibility index (Phi) is 5.29. The molecule has 4 rings (SSSR count). The minimum atomic E-state index is -0.614. The number of pyridine rings is 1. The highest BCUT2D eigenvalue weighted by molar-refractivity contribution is 5.97. The third-order valence-electron chi connectivity index (χ3n) is 5.08. The van der Waals surface area contributed by atoms with Gasteiger partial charge in [-0.25, -0.2) is 0 Å². The first-order chi connectivity index (χ1) is 14.2. The predicted molar refractivity (Wildman–Crippen MR) is 107 cm³/mol. The lowest BCUT2D eigenvalue weighted by Crippen LogP contribution is -2.54. The number of ether oxygens (including phenoxy) is 1. The van der Waals surface area contributed by atoms with Gasteiger partial charge in [0.15, 0.2) is 0 Å². The number of carbonyl (C=O) groups is 2. The van der Waals surface area contributed by atoms with Gasteiger partial charge in [-0.3, -0.25) is 14.6 Å². The molecule has 0 bridgehead atoms. The van der Waals surface area contributed by atoms with Crippen molar-refractivity contribution in [3.8, 4) is 5.75 Å². The first-order valence-corrected chi connectivity index (χ1v) is 9.42. The van der Waals surface area contributed by atoms with Crippen molar-refractivity contribution in [2.45, 2.75) is 25.7 Å². The van der Waals surface area contributed by atoms with Crippen LogP contribution in [0.3, 0.4) is 0 Å². The fourth-order valence-corrected chi connectivity index (χ4v) is 3.58. The molecule has 1 N–H and O–H groups in total. The van der Waals surface area contributed by atoms with Gasteiger partial charge in [-0.1, -0.05) is 24.3 Å². The zero-order valence-electron chi connectivity index (χ0n) is 16.1. The summed E-state index contributed by atoms with van der Waals surface area (Å²) < 4.78 is 7.18. The van der Waals surface area contributed by atoms with Crippen LogP contribution in [-0.2, 0) is 24.4 Å². The zero-order valence-corrected chi connectivity index (χ0v) is 16.1. The molecule has 1 aromatic carbocycles. The lowest BCUT2D eigenvalue weighted by atomic mass is 10.1. The monoisotopic (exact) mass is 390 g/mol. The molecular formula is C22H22N4O3. The van der Waals surface area contributed by atoms with Gasteiger partial charge in [-0.2, -0.15) is 0 Å². The minimum Gasteiger partial charge on any atom is -0.496 e. The molecular weight excluding hydrogens is 368 g/mol. The van der Waals surface area contributed by atoms with Crippen LogP contribution in [0.5, 0.6) is 5.75 Å². The Labute approximate surface area is 168 Å². The summed E-state index contributed by atoms with van der Waals surface area (Å²) in [6.45, 7) is 1.06. The van der Waals surface area contributed by atoms with E-state index in [1.165, 1.54) is 0 Å². The van der Waals surface area contributed by atoms with E-state index < -0.39 is 6.04 Å². The average molecular weight is 390 g/mol. The highest BCUT2D eigenvalue weighted by Gasteiger charge is 2.36. The van der Waals surface area contributed by atoms with E-state index in [-0.39, 0.29) is 11.8 Å². The standard InChI is InChI=1S/C22H22N4O3/c1-29-20-9-3-2-7-17(20)13-24-21(27)19-15-25-11-5-8-18(25)22(28)26(19)14-16-6-4-10-23-12-16/h2-12,19H,13-15H2,1H3,(H,24,27). The normalized spacial score (nSPS) is 15.7. The van der Waals surface area contributed by atoms with Crippen LogP contribution >= 0.6 is 0 Å². The summed E-state index contributed by atoms with van der Waals surface area (Å²) in [6.07, 6.45) is 5.23. The Hall–Kier alpha value is -3.61. The maximum absolute atomic E-state index is 13.1. The van der Waals surface area contributed by atoms with Crippen molar-refractivity contribution < 1.29 is 14.3 Å². The number of nitrogens with one attached hydrogen (secondary N) is 1. The van der Waals surface area contributed by atoms with Crippen molar-refractivity contribution in [1.29, 1.82) is 0 Å². The first kappa shape index (κ1) is 18.7. The minimum absolute atomic E-state index is 0.164. The number of benzene rings is 1. The number of nitrogens with zero attached hydrogens (tertiary/aromatic N) is 3. The number of hydrogen-bond acceptors (Lipinski definition) is 4. The van der Waals surface area contributed by atoms with Crippen molar-refractivity contribution in [2.24, 2.45) is 0 Å². The van der Waals surface area contributed by atoms with Crippen LogP contribution in [0.25, 0.3) is 0 Å². The van der Waals surface area contributed by atoms with Crippen LogP contribution in [0.4, 0.5) is 0 Å². The van der Waals surface area contributed by atoms with Gasteiger partial charge in [0, 0.05) is 37.2 Å². The second kappa shape index (κ2) is 8.18. The molecule has 0 fully saturated rings. The third kappa shape index (κ3) is 3.85. The molecule has 29 heavy (non-hydrogen) atoms. The largest absolute Gasteiger partial charge is 0.496 e. The number of aromatic nitrogens is 2. The fourth-order valence-electron chi connectivity index (χ4n) is 3.58. The van der Waals surface area contributed by atoms with E-state index >= 15 is 0 Å². The molecule has 148 valence electrons. The van der Waals surface area contributed by atoms with E-state index in [0.717, 1.165) is 11.1 Å². The van der Waals surface area contributed by atoms with Gasteiger partial charge in [0.25, 0.3) is 5.91 Å². The molecule has 0 spiro atoms. The molecule has 1 unspecified atom stereocenters. The van der Waals surface area contributed by atoms with E-state index in [1.807, 2.05) is 53.2 Å². The summed E-state index contributed by atoms with van der Waals surface area (Å²) in [6, 6.07) is 14.3. The van der Waals surface area contributed by atoms with E-state index in [4.69, 9.17) is 4.74 Å². The Bertz CT molecular complexity index is 1020. The number of methoxy groups -OCH3 is 1. The molecule has 2 amide bonds. The van der Waals surface area contributed by atoms with E-state index in [0.29, 0.717) is 31.1 Å². The second-order valence-corrected chi connectivity index (χ2v) is 6.89. The van der Waals surface area contributed by atoms with Gasteiger partial charge in [0.2, 0.25) is 5.91 Å². The molecule has 0 radical (unpaired) electrons. The Morgan fingerprint density at radius 1 is 1.21 bits per heavy atom. The lowest BCUT2D eigenvalue weighted by Gasteiger charge is -2.35. The number of amides is 2. The number of rotatable bonds is 6. The van der Waals surface area contributed by atoms with E-state index in [9.17, 15) is 9.59 Å². The topological polar surface area (TPSA) is 76.5 Å². The summed E-state index contributed by atoms with van der Waals surface area (Å²) in [5, 5.41) is 2.96. The van der Waals surface area contributed by atoms with Crippen LogP contribution in [0.15, 0.2) is 67.1 Å². The van der Waals surface area contributed by atoms with Gasteiger partial charge in [0.1, 0.15) is 17.5 Å². The van der Waals surface area contributed by atoms with Crippen LogP contribution in [0.2, 0.25) is 0 Å². The average Bonchev–Trinajstić information content (AvgIpc) is 3.24. The predicted octanol–water partition coefficient (Wildman–Crippen LogP) is 2.23. The number of para-hydroxylation sites is 1. The lowest BCUT2D eigenvalue weighted by molar-refractivity contribution is -0.126. The van der Waals surface area contributed by atoms with Gasteiger partial charge < -0.3 is 19.5 Å². The quantitative estimate of drug-likeness (QED) is 0.700. The summed E-state index contributed by atoms with van der Waals surface area (Å²) >= 11 is 0. The van der Waals surface area contributed by atoms with Crippen molar-refractivity contribution in [3.63, 3.8) is 0 Å². The third-order valence-corrected chi connectivity index (χ3v) is 5.08. The molecule has 3 aromatic rings. The summed E-state index contributed by atoms with van der Waals surface area (Å²) in [5.74, 6) is 0.350. The Balaban J connectivity index is 1.55. The maximum atomic E-state index is 13.1. The summed E-state index contributed by atoms with van der Waals surface area (Å²) in [5.41, 5.74) is 2.34. The summed E-state index contributed by atoms with van der Waals surface area (Å²) in [4.78, 5) is 31.9. The maximum Gasteiger partial charge on any atom is 0.271 e. The zero-order chi connectivity index (χ0) is 20.2. The van der Waals surface area contributed by atoms with Crippen LogP contribution < -0.4 is 10.1 Å². The number of fused-ring (bicyclic) bond motifs is 1. The highest BCUT2D eigenvalue weighted by Crippen LogP contribution is 2.22. The van der Waals surface area contributed by atoms with Gasteiger partial charge in [-0.05, 0) is 29.8 Å². The number of carbonyl (C=O) groups excluding carboxylic acids is 2. The smallest absolute Gasteiger partial charge is 0.271 e. The summed E-state index contributed by atoms with van der Waals surface area (Å²) in [7, 11) is 1.60. The molecule has 1 aliphatic rings. The Morgan fingerprint density at radius 2 is 2.07 bits per heavy atom. The number of hydrogen-bond donors (Lipinski definition) is 1. The first-order valence-electron chi connectivity index (χ1n) is 9.42. The molecule has 1 aliphatic heterocycles. The van der Waals surface area contributed by atoms with Crippen molar-refractivity contribution in [1.82, 2.24) is 19.8 Å². The van der Waals surface area contributed by atoms with Gasteiger partial charge >= 0.3 is 0 Å². The van der Waals surface area contributed by atoms with Gasteiger partial charge in [-0.15, -0.1) is 0 Å². The van der Waals surface area contributed by atoms with Crippen LogP contribution in [-0.4, -0.2) is 39.4 Å². The van der Waals surface area contributed by atoms with Crippen molar-refractivity contribution >= 4 is 11.8 Å². The highest BCUT2D eigenvalue weighted by atomic mass is 16.5. The molecule has 1 atom stereocenters. The fraction of sp³-hybridized carbons (Fsp3) is 0.227. The second-order valence-electron chi connectivity index (χ2n) is 6.89. The molecule has 7 heteroatoms. The molecule has 0 aliphatic carbocycles. The Morgan fingerprint density at radius 3 is 2.86 bits per heavy atom.